The Morgan fingerprint density at radius 1 is 1.60 bits per heavy atom. The molecule has 0 aliphatic heterocycles. The summed E-state index contributed by atoms with van der Waals surface area (Å²) in [6.07, 6.45) is 3.69. The zero-order valence-corrected chi connectivity index (χ0v) is 8.96. The van der Waals surface area contributed by atoms with Gasteiger partial charge in [0.25, 0.3) is 0 Å². The van der Waals surface area contributed by atoms with Crippen LogP contribution in [-0.4, -0.2) is 21.3 Å². The molecule has 0 aliphatic carbocycles. The van der Waals surface area contributed by atoms with Gasteiger partial charge in [-0.15, -0.1) is 0 Å². The van der Waals surface area contributed by atoms with Gasteiger partial charge in [0.1, 0.15) is 0 Å². The fourth-order valence-electron chi connectivity index (χ4n) is 1.25. The van der Waals surface area contributed by atoms with Crippen LogP contribution in [0.25, 0.3) is 0 Å². The molecule has 0 aliphatic rings. The van der Waals surface area contributed by atoms with E-state index in [0.29, 0.717) is 6.54 Å². The van der Waals surface area contributed by atoms with Crippen molar-refractivity contribution in [2.45, 2.75) is 13.1 Å². The minimum atomic E-state index is -0.00104. The largest absolute Gasteiger partial charge is 0.315 e. The SMILES string of the molecule is O=c1[nH]c(CNCCn2cccn2)cs1. The molecule has 2 aromatic rings. The molecule has 0 spiro atoms. The molecule has 2 rings (SSSR count). The Kier molecular flexibility index (Phi) is 3.31. The van der Waals surface area contributed by atoms with Gasteiger partial charge < -0.3 is 10.3 Å². The van der Waals surface area contributed by atoms with Gasteiger partial charge >= 0.3 is 4.87 Å². The highest BCUT2D eigenvalue weighted by Crippen LogP contribution is 1.94. The minimum absolute atomic E-state index is 0.00104. The van der Waals surface area contributed by atoms with Crippen LogP contribution in [0.5, 0.6) is 0 Å². The summed E-state index contributed by atoms with van der Waals surface area (Å²) < 4.78 is 1.86. The van der Waals surface area contributed by atoms with E-state index >= 15 is 0 Å². The van der Waals surface area contributed by atoms with E-state index in [1.165, 1.54) is 11.3 Å². The Morgan fingerprint density at radius 2 is 2.53 bits per heavy atom. The predicted octanol–water partition coefficient (Wildman–Crippen LogP) is 0.423. The van der Waals surface area contributed by atoms with Crippen molar-refractivity contribution < 1.29 is 0 Å². The van der Waals surface area contributed by atoms with Crippen LogP contribution >= 0.6 is 11.3 Å². The number of aromatic amines is 1. The summed E-state index contributed by atoms with van der Waals surface area (Å²) in [5, 5.41) is 9.15. The summed E-state index contributed by atoms with van der Waals surface area (Å²) in [5.74, 6) is 0. The summed E-state index contributed by atoms with van der Waals surface area (Å²) in [6.45, 7) is 2.36. The highest BCUT2D eigenvalue weighted by Gasteiger charge is 1.95. The van der Waals surface area contributed by atoms with Crippen molar-refractivity contribution in [1.29, 1.82) is 0 Å². The number of nitrogens with zero attached hydrogens (tertiary/aromatic N) is 2. The lowest BCUT2D eigenvalue weighted by Gasteiger charge is -2.02. The molecule has 0 aromatic carbocycles. The maximum absolute atomic E-state index is 10.8. The third-order valence-corrected chi connectivity index (χ3v) is 2.68. The van der Waals surface area contributed by atoms with Gasteiger partial charge in [0.15, 0.2) is 0 Å². The molecular weight excluding hydrogens is 212 g/mol. The van der Waals surface area contributed by atoms with Gasteiger partial charge in [-0.25, -0.2) is 0 Å². The lowest BCUT2D eigenvalue weighted by molar-refractivity contribution is 0.552. The summed E-state index contributed by atoms with van der Waals surface area (Å²) in [5.41, 5.74) is 0.936. The van der Waals surface area contributed by atoms with Gasteiger partial charge in [-0.1, -0.05) is 11.3 Å². The van der Waals surface area contributed by atoms with Crippen molar-refractivity contribution >= 4 is 11.3 Å². The third kappa shape index (κ3) is 3.03. The Bertz CT molecular complexity index is 445. The molecule has 0 unspecified atom stereocenters. The van der Waals surface area contributed by atoms with Crippen molar-refractivity contribution in [3.8, 4) is 0 Å². The van der Waals surface area contributed by atoms with E-state index in [9.17, 15) is 4.79 Å². The first-order chi connectivity index (χ1) is 7.34. The molecule has 6 heteroatoms. The van der Waals surface area contributed by atoms with Crippen LogP contribution in [0.2, 0.25) is 0 Å². The van der Waals surface area contributed by atoms with E-state index in [4.69, 9.17) is 0 Å². The van der Waals surface area contributed by atoms with E-state index in [2.05, 4.69) is 15.4 Å². The van der Waals surface area contributed by atoms with Crippen LogP contribution in [0.4, 0.5) is 0 Å². The molecule has 5 nitrogen and oxygen atoms in total. The molecule has 2 N–H and O–H groups in total. The highest BCUT2D eigenvalue weighted by atomic mass is 32.1. The van der Waals surface area contributed by atoms with Crippen LogP contribution in [0, 0.1) is 0 Å². The fourth-order valence-corrected chi connectivity index (χ4v) is 1.83. The Balaban J connectivity index is 1.69. The first-order valence-corrected chi connectivity index (χ1v) is 5.57. The number of hydrogen-bond acceptors (Lipinski definition) is 4. The summed E-state index contributed by atoms with van der Waals surface area (Å²) in [7, 11) is 0. The molecular formula is C9H12N4OS. The number of hydrogen-bond donors (Lipinski definition) is 2. The van der Waals surface area contributed by atoms with Gasteiger partial charge in [-0.05, 0) is 6.07 Å². The average Bonchev–Trinajstić information content (AvgIpc) is 2.84. The fraction of sp³-hybridized carbons (Fsp3) is 0.333. The topological polar surface area (TPSA) is 62.7 Å². The molecule has 0 saturated heterocycles. The molecule has 0 radical (unpaired) electrons. The smallest absolute Gasteiger partial charge is 0.304 e. The van der Waals surface area contributed by atoms with E-state index in [1.54, 1.807) is 6.20 Å². The molecule has 80 valence electrons. The molecule has 0 atom stereocenters. The minimum Gasteiger partial charge on any atom is -0.315 e. The highest BCUT2D eigenvalue weighted by molar-refractivity contribution is 7.07. The quantitative estimate of drug-likeness (QED) is 0.724. The molecule has 15 heavy (non-hydrogen) atoms. The Labute approximate surface area is 90.8 Å². The maximum Gasteiger partial charge on any atom is 0.304 e. The molecule has 0 fully saturated rings. The maximum atomic E-state index is 10.8. The number of H-pyrrole nitrogens is 1. The predicted molar refractivity (Wildman–Crippen MR) is 58.9 cm³/mol. The van der Waals surface area contributed by atoms with E-state index in [-0.39, 0.29) is 4.87 Å². The van der Waals surface area contributed by atoms with E-state index < -0.39 is 0 Å². The Morgan fingerprint density at radius 3 is 3.20 bits per heavy atom. The number of nitrogens with one attached hydrogen (secondary N) is 2. The summed E-state index contributed by atoms with van der Waals surface area (Å²) in [4.78, 5) is 13.6. The first kappa shape index (κ1) is 10.1. The molecule has 0 saturated carbocycles. The second-order valence-electron chi connectivity index (χ2n) is 3.12. The van der Waals surface area contributed by atoms with Crippen LogP contribution < -0.4 is 10.2 Å². The van der Waals surface area contributed by atoms with Crippen LogP contribution in [0.3, 0.4) is 0 Å². The second kappa shape index (κ2) is 4.90. The van der Waals surface area contributed by atoms with Crippen molar-refractivity contribution in [2.75, 3.05) is 6.54 Å². The summed E-state index contributed by atoms with van der Waals surface area (Å²) in [6, 6.07) is 1.90. The van der Waals surface area contributed by atoms with Crippen LogP contribution in [0.1, 0.15) is 5.69 Å². The van der Waals surface area contributed by atoms with Crippen molar-refractivity contribution in [1.82, 2.24) is 20.1 Å². The van der Waals surface area contributed by atoms with Crippen LogP contribution in [-0.2, 0) is 13.1 Å². The van der Waals surface area contributed by atoms with Gasteiger partial charge in [0.05, 0.1) is 6.54 Å². The van der Waals surface area contributed by atoms with Gasteiger partial charge in [-0.3, -0.25) is 9.48 Å². The van der Waals surface area contributed by atoms with E-state index in [1.807, 2.05) is 22.3 Å². The number of thiazole rings is 1. The van der Waals surface area contributed by atoms with Crippen molar-refractivity contribution in [3.05, 3.63) is 39.2 Å². The standard InChI is InChI=1S/C9H12N4OS/c14-9-12-8(7-15-9)6-10-3-5-13-4-1-2-11-13/h1-2,4,7,10H,3,5-6H2,(H,12,14). The molecule has 2 heterocycles. The zero-order valence-electron chi connectivity index (χ0n) is 8.14. The first-order valence-electron chi connectivity index (χ1n) is 4.69. The van der Waals surface area contributed by atoms with Gasteiger partial charge in [-0.2, -0.15) is 5.10 Å². The number of aromatic nitrogens is 3. The van der Waals surface area contributed by atoms with Crippen molar-refractivity contribution in [3.63, 3.8) is 0 Å². The lowest BCUT2D eigenvalue weighted by atomic mass is 10.5. The molecule has 0 amide bonds. The third-order valence-electron chi connectivity index (χ3n) is 1.96. The normalized spacial score (nSPS) is 10.7. The zero-order chi connectivity index (χ0) is 10.5. The molecule has 0 bridgehead atoms. The van der Waals surface area contributed by atoms with Crippen molar-refractivity contribution in [2.24, 2.45) is 0 Å². The monoisotopic (exact) mass is 224 g/mol. The molecule has 2 aromatic heterocycles. The number of rotatable bonds is 5. The Hall–Kier alpha value is -1.40. The second-order valence-corrected chi connectivity index (χ2v) is 3.96. The van der Waals surface area contributed by atoms with Gasteiger partial charge in [0, 0.05) is 36.6 Å². The van der Waals surface area contributed by atoms with Crippen LogP contribution in [0.15, 0.2) is 28.6 Å². The lowest BCUT2D eigenvalue weighted by Crippen LogP contribution is -2.20. The van der Waals surface area contributed by atoms with Gasteiger partial charge in [0.2, 0.25) is 0 Å². The average molecular weight is 224 g/mol. The summed E-state index contributed by atoms with van der Waals surface area (Å²) >= 11 is 1.19. The van der Waals surface area contributed by atoms with E-state index in [0.717, 1.165) is 18.8 Å².